The lowest BCUT2D eigenvalue weighted by Crippen LogP contribution is -2.26. The minimum Gasteiger partial charge on any atom is -0.368 e. The molecule has 1 heterocycles. The Hall–Kier alpha value is -3.44. The Bertz CT molecular complexity index is 1240. The minimum atomic E-state index is -0.0538. The molecule has 5 nitrogen and oxygen atoms in total. The highest BCUT2D eigenvalue weighted by atomic mass is 35.5. The van der Waals surface area contributed by atoms with Crippen molar-refractivity contribution in [1.82, 2.24) is 15.3 Å². The van der Waals surface area contributed by atoms with Gasteiger partial charge in [0.2, 0.25) is 5.91 Å². The topological polar surface area (TPSA) is 66.9 Å². The van der Waals surface area contributed by atoms with Crippen LogP contribution >= 0.6 is 11.6 Å². The van der Waals surface area contributed by atoms with Gasteiger partial charge < -0.3 is 10.6 Å². The highest BCUT2D eigenvalue weighted by Crippen LogP contribution is 2.26. The lowest BCUT2D eigenvalue weighted by atomic mass is 10.1. The summed E-state index contributed by atoms with van der Waals surface area (Å²) in [7, 11) is 0. The van der Waals surface area contributed by atoms with E-state index in [1.807, 2.05) is 48.6 Å². The number of halogens is 1. The van der Waals surface area contributed by atoms with Gasteiger partial charge in [0.1, 0.15) is 5.82 Å². The quantitative estimate of drug-likeness (QED) is 0.336. The molecule has 0 aliphatic rings. The van der Waals surface area contributed by atoms with Crippen LogP contribution in [-0.2, 0) is 4.79 Å². The molecule has 0 bridgehead atoms. The third-order valence-corrected chi connectivity index (χ3v) is 4.92. The van der Waals surface area contributed by atoms with Gasteiger partial charge in [-0.3, -0.25) is 4.79 Å². The second kappa shape index (κ2) is 8.93. The SMILES string of the molecule is CC(=O)NCCNc1nc(/C=C/c2ccc(Cl)cc2)nc2cc3ccccc3cc12. The molecule has 30 heavy (non-hydrogen) atoms. The van der Waals surface area contributed by atoms with Gasteiger partial charge in [-0.25, -0.2) is 9.97 Å². The third kappa shape index (κ3) is 4.75. The van der Waals surface area contributed by atoms with E-state index in [1.54, 1.807) is 0 Å². The van der Waals surface area contributed by atoms with Crippen molar-refractivity contribution in [3.05, 3.63) is 77.1 Å². The summed E-state index contributed by atoms with van der Waals surface area (Å²) in [6, 6.07) is 19.9. The van der Waals surface area contributed by atoms with Crippen molar-refractivity contribution in [2.75, 3.05) is 18.4 Å². The Balaban J connectivity index is 1.71. The van der Waals surface area contributed by atoms with E-state index >= 15 is 0 Å². The zero-order chi connectivity index (χ0) is 20.9. The number of nitrogens with zero attached hydrogens (tertiary/aromatic N) is 2. The molecule has 1 amide bonds. The molecular formula is C24H21ClN4O. The van der Waals surface area contributed by atoms with E-state index in [-0.39, 0.29) is 5.91 Å². The van der Waals surface area contributed by atoms with E-state index in [0.29, 0.717) is 23.9 Å². The maximum absolute atomic E-state index is 11.1. The Labute approximate surface area is 179 Å². The molecule has 6 heteroatoms. The number of fused-ring (bicyclic) bond motifs is 2. The van der Waals surface area contributed by atoms with Crippen LogP contribution in [0, 0.1) is 0 Å². The highest BCUT2D eigenvalue weighted by Gasteiger charge is 2.08. The van der Waals surface area contributed by atoms with Crippen molar-refractivity contribution in [3.8, 4) is 0 Å². The lowest BCUT2D eigenvalue weighted by molar-refractivity contribution is -0.118. The van der Waals surface area contributed by atoms with Crippen molar-refractivity contribution < 1.29 is 4.79 Å². The van der Waals surface area contributed by atoms with Gasteiger partial charge in [0.15, 0.2) is 5.82 Å². The third-order valence-electron chi connectivity index (χ3n) is 4.67. The van der Waals surface area contributed by atoms with Crippen LogP contribution in [0.2, 0.25) is 5.02 Å². The van der Waals surface area contributed by atoms with Gasteiger partial charge in [0, 0.05) is 30.4 Å². The fourth-order valence-electron chi connectivity index (χ4n) is 3.21. The molecule has 150 valence electrons. The smallest absolute Gasteiger partial charge is 0.216 e. The molecule has 0 radical (unpaired) electrons. The summed E-state index contributed by atoms with van der Waals surface area (Å²) in [5, 5.41) is 10.0. The van der Waals surface area contributed by atoms with E-state index in [1.165, 1.54) is 6.92 Å². The highest BCUT2D eigenvalue weighted by molar-refractivity contribution is 6.30. The maximum Gasteiger partial charge on any atom is 0.216 e. The summed E-state index contributed by atoms with van der Waals surface area (Å²) >= 11 is 5.96. The van der Waals surface area contributed by atoms with Crippen LogP contribution in [-0.4, -0.2) is 29.0 Å². The molecule has 0 unspecified atom stereocenters. The fourth-order valence-corrected chi connectivity index (χ4v) is 3.33. The van der Waals surface area contributed by atoms with Crippen molar-refractivity contribution in [3.63, 3.8) is 0 Å². The number of amides is 1. The standard InChI is InChI=1S/C24H21ClN4O/c1-16(30)26-12-13-27-24-21-14-18-4-2-3-5-19(18)15-22(21)28-23(29-24)11-8-17-6-9-20(25)10-7-17/h2-11,14-15H,12-13H2,1H3,(H,26,30)(H,27,28,29)/b11-8+. The first-order valence-electron chi connectivity index (χ1n) is 9.71. The molecule has 2 N–H and O–H groups in total. The van der Waals surface area contributed by atoms with Crippen molar-refractivity contribution in [2.45, 2.75) is 6.92 Å². The van der Waals surface area contributed by atoms with E-state index in [4.69, 9.17) is 21.6 Å². The number of hydrogen-bond acceptors (Lipinski definition) is 4. The molecular weight excluding hydrogens is 396 g/mol. The molecule has 0 saturated carbocycles. The number of rotatable bonds is 6. The minimum absolute atomic E-state index is 0.0538. The van der Waals surface area contributed by atoms with Gasteiger partial charge in [0.25, 0.3) is 0 Å². The Morgan fingerprint density at radius 2 is 1.70 bits per heavy atom. The number of nitrogens with one attached hydrogen (secondary N) is 2. The van der Waals surface area contributed by atoms with E-state index in [9.17, 15) is 4.79 Å². The first-order valence-corrected chi connectivity index (χ1v) is 10.1. The summed E-state index contributed by atoms with van der Waals surface area (Å²) in [5.74, 6) is 1.29. The monoisotopic (exact) mass is 416 g/mol. The summed E-state index contributed by atoms with van der Waals surface area (Å²) < 4.78 is 0. The van der Waals surface area contributed by atoms with Gasteiger partial charge in [-0.15, -0.1) is 0 Å². The average molecular weight is 417 g/mol. The predicted molar refractivity (Wildman–Crippen MR) is 125 cm³/mol. The number of hydrogen-bond donors (Lipinski definition) is 2. The molecule has 3 aromatic carbocycles. The van der Waals surface area contributed by atoms with Gasteiger partial charge in [0.05, 0.1) is 5.52 Å². The van der Waals surface area contributed by atoms with Crippen molar-refractivity contribution >= 4 is 57.2 Å². The van der Waals surface area contributed by atoms with Crippen LogP contribution in [0.15, 0.2) is 60.7 Å². The van der Waals surface area contributed by atoms with Gasteiger partial charge in [-0.05, 0) is 46.7 Å². The summed E-state index contributed by atoms with van der Waals surface area (Å²) in [5.41, 5.74) is 1.88. The Kier molecular flexibility index (Phi) is 5.91. The summed E-state index contributed by atoms with van der Waals surface area (Å²) in [6.45, 7) is 2.59. The first-order chi connectivity index (χ1) is 14.6. The fraction of sp³-hybridized carbons (Fsp3) is 0.125. The lowest BCUT2D eigenvalue weighted by Gasteiger charge is -2.11. The summed E-state index contributed by atoms with van der Waals surface area (Å²) in [6.07, 6.45) is 3.84. The maximum atomic E-state index is 11.1. The van der Waals surface area contributed by atoms with Crippen LogP contribution < -0.4 is 10.6 Å². The Morgan fingerprint density at radius 3 is 2.43 bits per heavy atom. The predicted octanol–water partition coefficient (Wildman–Crippen LogP) is 5.15. The van der Waals surface area contributed by atoms with Crippen molar-refractivity contribution in [1.29, 1.82) is 0 Å². The average Bonchev–Trinajstić information content (AvgIpc) is 2.74. The first kappa shape index (κ1) is 19.9. The number of carbonyl (C=O) groups excluding carboxylic acids is 1. The van der Waals surface area contributed by atoms with Crippen LogP contribution in [0.1, 0.15) is 18.3 Å². The second-order valence-corrected chi connectivity index (χ2v) is 7.38. The van der Waals surface area contributed by atoms with Gasteiger partial charge >= 0.3 is 0 Å². The Morgan fingerprint density at radius 1 is 0.967 bits per heavy atom. The number of benzene rings is 3. The molecule has 0 aliphatic carbocycles. The number of aromatic nitrogens is 2. The van der Waals surface area contributed by atoms with Crippen LogP contribution in [0.5, 0.6) is 0 Å². The normalized spacial score (nSPS) is 11.3. The number of carbonyl (C=O) groups is 1. The largest absolute Gasteiger partial charge is 0.368 e. The molecule has 1 aromatic heterocycles. The van der Waals surface area contributed by atoms with Crippen molar-refractivity contribution in [2.24, 2.45) is 0 Å². The van der Waals surface area contributed by atoms with Gasteiger partial charge in [-0.2, -0.15) is 0 Å². The molecule has 0 atom stereocenters. The second-order valence-electron chi connectivity index (χ2n) is 6.94. The van der Waals surface area contributed by atoms with E-state index in [2.05, 4.69) is 34.9 Å². The molecule has 0 fully saturated rings. The van der Waals surface area contributed by atoms with Gasteiger partial charge in [-0.1, -0.05) is 54.1 Å². The zero-order valence-electron chi connectivity index (χ0n) is 16.5. The molecule has 0 saturated heterocycles. The molecule has 4 rings (SSSR count). The molecule has 4 aromatic rings. The van der Waals surface area contributed by atoms with Crippen LogP contribution in [0.25, 0.3) is 33.8 Å². The molecule has 0 spiro atoms. The zero-order valence-corrected chi connectivity index (χ0v) is 17.3. The van der Waals surface area contributed by atoms with E-state index < -0.39 is 0 Å². The summed E-state index contributed by atoms with van der Waals surface area (Å²) in [4.78, 5) is 20.6. The molecule has 0 aliphatic heterocycles. The number of anilines is 1. The van der Waals surface area contributed by atoms with Crippen LogP contribution in [0.3, 0.4) is 0 Å². The van der Waals surface area contributed by atoms with E-state index in [0.717, 1.165) is 33.1 Å². The van der Waals surface area contributed by atoms with Crippen LogP contribution in [0.4, 0.5) is 5.82 Å².